The van der Waals surface area contributed by atoms with Crippen LogP contribution >= 0.6 is 11.6 Å². The summed E-state index contributed by atoms with van der Waals surface area (Å²) in [6.07, 6.45) is -0.589. The molecule has 2 fully saturated rings. The number of likely N-dealkylation sites (N-methyl/N-ethyl adjacent to an activating group) is 1. The minimum Gasteiger partial charge on any atom is -0.508 e. The quantitative estimate of drug-likeness (QED) is 0.362. The zero-order valence-corrected chi connectivity index (χ0v) is 27.3. The summed E-state index contributed by atoms with van der Waals surface area (Å²) < 4.78 is 10.9. The van der Waals surface area contributed by atoms with Crippen molar-refractivity contribution in [2.45, 2.75) is 31.7 Å². The highest BCUT2D eigenvalue weighted by atomic mass is 35.5. The van der Waals surface area contributed by atoms with Gasteiger partial charge in [-0.15, -0.1) is 0 Å². The molecule has 2 heterocycles. The van der Waals surface area contributed by atoms with Gasteiger partial charge < -0.3 is 34.6 Å². The first-order valence-corrected chi connectivity index (χ1v) is 15.2. The Hall–Kier alpha value is -4.68. The van der Waals surface area contributed by atoms with Crippen LogP contribution in [0.25, 0.3) is 0 Å². The number of amides is 4. The van der Waals surface area contributed by atoms with Crippen LogP contribution < -0.4 is 19.7 Å². The monoisotopic (exact) mass is 650 g/mol. The first-order chi connectivity index (χ1) is 22.0. The van der Waals surface area contributed by atoms with Gasteiger partial charge in [0.1, 0.15) is 18.0 Å². The average Bonchev–Trinajstić information content (AvgIpc) is 3.02. The summed E-state index contributed by atoms with van der Waals surface area (Å²) in [5, 5.41) is 16.4. The predicted molar refractivity (Wildman–Crippen MR) is 174 cm³/mol. The van der Waals surface area contributed by atoms with Gasteiger partial charge >= 0.3 is 6.03 Å². The Morgan fingerprint density at radius 1 is 1.02 bits per heavy atom. The summed E-state index contributed by atoms with van der Waals surface area (Å²) in [6.45, 7) is 0.345. The smallest absolute Gasteiger partial charge is 0.334 e. The number of aromatic hydroxyl groups is 1. The van der Waals surface area contributed by atoms with Gasteiger partial charge in [-0.2, -0.15) is 0 Å². The lowest BCUT2D eigenvalue weighted by Crippen LogP contribution is -2.76. The van der Waals surface area contributed by atoms with Crippen LogP contribution in [0, 0.1) is 0 Å². The number of ether oxygens (including phenoxy) is 2. The van der Waals surface area contributed by atoms with Gasteiger partial charge in [0.05, 0.1) is 38.0 Å². The molecule has 0 saturated carbocycles. The summed E-state index contributed by atoms with van der Waals surface area (Å²) in [5.41, 5.74) is 3.10. The van der Waals surface area contributed by atoms with Crippen LogP contribution in [0.2, 0.25) is 5.02 Å². The lowest BCUT2D eigenvalue weighted by Gasteiger charge is -2.54. The van der Waals surface area contributed by atoms with Crippen LogP contribution in [0.1, 0.15) is 16.7 Å². The van der Waals surface area contributed by atoms with Gasteiger partial charge in [0.25, 0.3) is 0 Å². The molecule has 0 aromatic heterocycles. The maximum atomic E-state index is 14.2. The third kappa shape index (κ3) is 6.49. The number of carbonyl (C=O) groups excluding carboxylic acids is 3. The number of nitrogens with one attached hydrogen (secondary N) is 1. The standard InChI is InChI=1S/C33H39ClN6O6/c1-36(2)30-23(9-6-10-25(30)34)18-38-19-28-39(26(32(38)43)16-21-12-14-24(41)15-13-21)29(42)20-37(3)40(28)33(44)35-17-22-8-7-11-27(45-4)31(22)46-5/h6-15,26,28,41H,16-20H2,1-5H3,(H,35,44)/t26-,28?/m0/s1. The fraction of sp³-hybridized carbons (Fsp3) is 0.364. The highest BCUT2D eigenvalue weighted by Gasteiger charge is 2.50. The third-order valence-electron chi connectivity index (χ3n) is 8.31. The van der Waals surface area contributed by atoms with Crippen molar-refractivity contribution in [3.8, 4) is 17.2 Å². The minimum atomic E-state index is -0.889. The van der Waals surface area contributed by atoms with Gasteiger partial charge in [0.2, 0.25) is 11.8 Å². The number of hydrogen-bond acceptors (Lipinski definition) is 8. The van der Waals surface area contributed by atoms with E-state index in [1.165, 1.54) is 17.0 Å². The minimum absolute atomic E-state index is 0.0796. The number of phenolic OH excluding ortho intramolecular Hbond substituents is 1. The first-order valence-electron chi connectivity index (χ1n) is 14.8. The molecule has 12 nitrogen and oxygen atoms in total. The van der Waals surface area contributed by atoms with E-state index in [0.29, 0.717) is 22.1 Å². The van der Waals surface area contributed by atoms with Crippen molar-refractivity contribution in [1.82, 2.24) is 25.1 Å². The Balaban J connectivity index is 1.49. The van der Waals surface area contributed by atoms with E-state index in [-0.39, 0.29) is 50.2 Å². The highest BCUT2D eigenvalue weighted by molar-refractivity contribution is 6.33. The van der Waals surface area contributed by atoms with E-state index < -0.39 is 18.2 Å². The number of phenols is 1. The van der Waals surface area contributed by atoms with Gasteiger partial charge in [-0.3, -0.25) is 9.59 Å². The van der Waals surface area contributed by atoms with Crippen molar-refractivity contribution >= 4 is 35.1 Å². The van der Waals surface area contributed by atoms with Crippen LogP contribution in [-0.4, -0.2) is 103 Å². The summed E-state index contributed by atoms with van der Waals surface area (Å²) in [4.78, 5) is 47.0. The highest BCUT2D eigenvalue weighted by Crippen LogP contribution is 2.34. The van der Waals surface area contributed by atoms with Crippen LogP contribution in [-0.2, 0) is 29.1 Å². The second-order valence-electron chi connectivity index (χ2n) is 11.5. The molecule has 244 valence electrons. The van der Waals surface area contributed by atoms with E-state index in [1.54, 1.807) is 60.5 Å². The van der Waals surface area contributed by atoms with Crippen molar-refractivity contribution in [2.75, 3.05) is 53.4 Å². The molecule has 2 N–H and O–H groups in total. The molecule has 2 aliphatic rings. The maximum absolute atomic E-state index is 14.2. The molecule has 2 aliphatic heterocycles. The zero-order chi connectivity index (χ0) is 33.1. The molecule has 0 spiro atoms. The predicted octanol–water partition coefficient (Wildman–Crippen LogP) is 3.31. The molecule has 5 rings (SSSR count). The topological polar surface area (TPSA) is 118 Å². The van der Waals surface area contributed by atoms with Gasteiger partial charge in [-0.25, -0.2) is 14.8 Å². The molecular formula is C33H39ClN6O6. The van der Waals surface area contributed by atoms with Crippen molar-refractivity contribution in [1.29, 1.82) is 0 Å². The molecule has 0 radical (unpaired) electrons. The zero-order valence-electron chi connectivity index (χ0n) is 26.6. The van der Waals surface area contributed by atoms with Crippen molar-refractivity contribution in [3.05, 3.63) is 82.4 Å². The Bertz CT molecular complexity index is 1600. The summed E-state index contributed by atoms with van der Waals surface area (Å²) in [5.74, 6) is 0.642. The summed E-state index contributed by atoms with van der Waals surface area (Å²) in [6, 6.07) is 16.2. The number of benzene rings is 3. The van der Waals surface area contributed by atoms with E-state index in [1.807, 2.05) is 43.3 Å². The second kappa shape index (κ2) is 13.8. The lowest BCUT2D eigenvalue weighted by molar-refractivity contribution is -0.187. The molecule has 13 heteroatoms. The third-order valence-corrected chi connectivity index (χ3v) is 8.61. The Morgan fingerprint density at radius 3 is 2.39 bits per heavy atom. The molecule has 4 amide bonds. The number of methoxy groups -OCH3 is 2. The fourth-order valence-electron chi connectivity index (χ4n) is 6.24. The number of para-hydroxylation sites is 2. The number of hydrogen-bond donors (Lipinski definition) is 2. The molecule has 1 unspecified atom stereocenters. The molecule has 2 atom stereocenters. The van der Waals surface area contributed by atoms with Crippen LogP contribution in [0.5, 0.6) is 17.2 Å². The molecule has 46 heavy (non-hydrogen) atoms. The fourth-order valence-corrected chi connectivity index (χ4v) is 6.60. The Morgan fingerprint density at radius 2 is 1.72 bits per heavy atom. The number of rotatable bonds is 9. The van der Waals surface area contributed by atoms with Gasteiger partial charge in [-0.05, 0) is 35.4 Å². The van der Waals surface area contributed by atoms with E-state index >= 15 is 0 Å². The van der Waals surface area contributed by atoms with Crippen LogP contribution in [0.3, 0.4) is 0 Å². The van der Waals surface area contributed by atoms with Gasteiger partial charge in [-0.1, -0.05) is 48.0 Å². The molecule has 3 aromatic rings. The average molecular weight is 651 g/mol. The van der Waals surface area contributed by atoms with Gasteiger partial charge in [0.15, 0.2) is 11.5 Å². The van der Waals surface area contributed by atoms with Crippen LogP contribution in [0.4, 0.5) is 10.5 Å². The van der Waals surface area contributed by atoms with Crippen molar-refractivity contribution in [3.63, 3.8) is 0 Å². The number of halogens is 1. The van der Waals surface area contributed by atoms with E-state index in [9.17, 15) is 19.5 Å². The summed E-state index contributed by atoms with van der Waals surface area (Å²) >= 11 is 6.56. The number of hydrazine groups is 1. The number of nitrogens with zero attached hydrogens (tertiary/aromatic N) is 5. The maximum Gasteiger partial charge on any atom is 0.334 e. The van der Waals surface area contributed by atoms with Crippen LogP contribution in [0.15, 0.2) is 60.7 Å². The molecule has 3 aromatic carbocycles. The number of anilines is 1. The largest absolute Gasteiger partial charge is 0.508 e. The first kappa shape index (κ1) is 32.7. The van der Waals surface area contributed by atoms with Crippen molar-refractivity contribution in [2.24, 2.45) is 0 Å². The number of urea groups is 1. The second-order valence-corrected chi connectivity index (χ2v) is 11.9. The Kier molecular flexibility index (Phi) is 9.78. The van der Waals surface area contributed by atoms with Gasteiger partial charge in [0, 0.05) is 46.2 Å². The van der Waals surface area contributed by atoms with Crippen molar-refractivity contribution < 1.29 is 29.0 Å². The normalized spacial score (nSPS) is 18.3. The number of carbonyl (C=O) groups is 3. The number of fused-ring (bicyclic) bond motifs is 1. The number of piperazine rings is 1. The van der Waals surface area contributed by atoms with E-state index in [4.69, 9.17) is 21.1 Å². The molecule has 0 bridgehead atoms. The Labute approximate surface area is 273 Å². The van der Waals surface area contributed by atoms with E-state index in [0.717, 1.165) is 16.8 Å². The molecular weight excluding hydrogens is 612 g/mol. The SMILES string of the molecule is COc1cccc(CNC(=O)N2C3CN(Cc4cccc(Cl)c4N(C)C)C(=O)[C@H](Cc4ccc(O)cc4)N3C(=O)CN2C)c1OC. The molecule has 0 aliphatic carbocycles. The van der Waals surface area contributed by atoms with E-state index in [2.05, 4.69) is 5.32 Å². The molecule has 2 saturated heterocycles. The lowest BCUT2D eigenvalue weighted by atomic mass is 9.98. The summed E-state index contributed by atoms with van der Waals surface area (Å²) in [7, 11) is 8.53.